The number of hydrogen-bond acceptors (Lipinski definition) is 5. The van der Waals surface area contributed by atoms with Crippen LogP contribution in [0.1, 0.15) is 0 Å². The summed E-state index contributed by atoms with van der Waals surface area (Å²) in [5.41, 5.74) is 11.6. The lowest BCUT2D eigenvalue weighted by Gasteiger charge is -2.08. The number of nitrogens with zero attached hydrogens (tertiary/aromatic N) is 4. The van der Waals surface area contributed by atoms with Crippen molar-refractivity contribution in [3.63, 3.8) is 0 Å². The predicted octanol–water partition coefficient (Wildman–Crippen LogP) is 13.4. The maximum absolute atomic E-state index is 6.67. The lowest BCUT2D eigenvalue weighted by atomic mass is 10.00. The summed E-state index contributed by atoms with van der Waals surface area (Å²) in [5.74, 6) is 1.86. The molecular formula is C51H30N4O2. The molecule has 0 aliphatic carbocycles. The standard InChI is InChI=1S/C51H30N4O2/c1-3-12-31(13-4-1)49-52-50(32-14-5-2-6-15-32)54-51(53-49)34-23-26-47-40(29-34)39-19-11-18-36(48(39)57-47)33-22-25-45-41(28-33)42-30-35(24-27-46(42)56-45)55-43-20-9-7-16-37(43)38-17-8-10-21-44(38)55/h1-30H. The van der Waals surface area contributed by atoms with Gasteiger partial charge in [0.25, 0.3) is 0 Å². The molecule has 266 valence electrons. The second-order valence-corrected chi connectivity index (χ2v) is 14.4. The molecule has 0 N–H and O–H groups in total. The van der Waals surface area contributed by atoms with Gasteiger partial charge < -0.3 is 13.4 Å². The summed E-state index contributed by atoms with van der Waals surface area (Å²) in [7, 11) is 0. The number of fused-ring (bicyclic) bond motifs is 9. The third-order valence-corrected chi connectivity index (χ3v) is 11.1. The molecule has 0 spiro atoms. The third kappa shape index (κ3) is 5.01. The van der Waals surface area contributed by atoms with Crippen LogP contribution in [0.4, 0.5) is 0 Å². The minimum Gasteiger partial charge on any atom is -0.456 e. The molecule has 12 aromatic rings. The first kappa shape index (κ1) is 31.5. The summed E-state index contributed by atoms with van der Waals surface area (Å²) >= 11 is 0. The molecule has 0 fully saturated rings. The van der Waals surface area contributed by atoms with Crippen molar-refractivity contribution in [2.24, 2.45) is 0 Å². The molecule has 12 rings (SSSR count). The molecule has 0 saturated carbocycles. The molecule has 0 unspecified atom stereocenters. The van der Waals surface area contributed by atoms with E-state index in [2.05, 4.69) is 114 Å². The van der Waals surface area contributed by atoms with E-state index in [1.54, 1.807) is 0 Å². The normalized spacial score (nSPS) is 11.9. The number of para-hydroxylation sites is 3. The Morgan fingerprint density at radius 1 is 0.333 bits per heavy atom. The van der Waals surface area contributed by atoms with E-state index in [4.69, 9.17) is 23.8 Å². The molecule has 0 radical (unpaired) electrons. The second-order valence-electron chi connectivity index (χ2n) is 14.4. The first-order valence-corrected chi connectivity index (χ1v) is 19.0. The zero-order chi connectivity index (χ0) is 37.5. The molecule has 6 heteroatoms. The summed E-state index contributed by atoms with van der Waals surface area (Å²) in [4.78, 5) is 14.8. The van der Waals surface area contributed by atoms with Gasteiger partial charge in [0, 0.05) is 60.3 Å². The van der Waals surface area contributed by atoms with Crippen LogP contribution in [-0.2, 0) is 0 Å². The molecule has 0 amide bonds. The van der Waals surface area contributed by atoms with E-state index in [1.165, 1.54) is 21.8 Å². The van der Waals surface area contributed by atoms with Crippen LogP contribution in [0.3, 0.4) is 0 Å². The third-order valence-electron chi connectivity index (χ3n) is 11.1. The fourth-order valence-electron chi connectivity index (χ4n) is 8.38. The monoisotopic (exact) mass is 730 g/mol. The Hall–Kier alpha value is -7.83. The fraction of sp³-hybridized carbons (Fsp3) is 0. The zero-order valence-electron chi connectivity index (χ0n) is 30.4. The summed E-state index contributed by atoms with van der Waals surface area (Å²) in [6, 6.07) is 62.7. The van der Waals surface area contributed by atoms with Crippen LogP contribution in [0.15, 0.2) is 191 Å². The Balaban J connectivity index is 0.987. The Morgan fingerprint density at radius 2 is 0.825 bits per heavy atom. The summed E-state index contributed by atoms with van der Waals surface area (Å²) < 4.78 is 15.4. The average Bonchev–Trinajstić information content (AvgIpc) is 3.95. The second kappa shape index (κ2) is 12.3. The average molecular weight is 731 g/mol. The van der Waals surface area contributed by atoms with Crippen LogP contribution < -0.4 is 0 Å². The lowest BCUT2D eigenvalue weighted by molar-refractivity contribution is 0.668. The van der Waals surface area contributed by atoms with Crippen LogP contribution >= 0.6 is 0 Å². The van der Waals surface area contributed by atoms with Crippen LogP contribution in [0.25, 0.3) is 117 Å². The van der Waals surface area contributed by atoms with Crippen molar-refractivity contribution in [1.82, 2.24) is 19.5 Å². The van der Waals surface area contributed by atoms with E-state index in [1.807, 2.05) is 72.8 Å². The van der Waals surface area contributed by atoms with Crippen molar-refractivity contribution in [3.05, 3.63) is 182 Å². The number of furan rings is 2. The summed E-state index contributed by atoms with van der Waals surface area (Å²) in [6.07, 6.45) is 0. The lowest BCUT2D eigenvalue weighted by Crippen LogP contribution is -2.00. The highest BCUT2D eigenvalue weighted by atomic mass is 16.3. The predicted molar refractivity (Wildman–Crippen MR) is 230 cm³/mol. The summed E-state index contributed by atoms with van der Waals surface area (Å²) in [6.45, 7) is 0. The minimum atomic E-state index is 0.604. The highest BCUT2D eigenvalue weighted by Gasteiger charge is 2.19. The highest BCUT2D eigenvalue weighted by molar-refractivity contribution is 6.13. The van der Waals surface area contributed by atoms with E-state index in [9.17, 15) is 0 Å². The van der Waals surface area contributed by atoms with Crippen LogP contribution in [0, 0.1) is 0 Å². The van der Waals surface area contributed by atoms with Gasteiger partial charge in [-0.3, -0.25) is 0 Å². The van der Waals surface area contributed by atoms with E-state index in [0.717, 1.165) is 77.4 Å². The highest BCUT2D eigenvalue weighted by Crippen LogP contribution is 2.41. The Labute approximate surface area is 325 Å². The number of rotatable bonds is 5. The first-order chi connectivity index (χ1) is 28.2. The molecule has 0 saturated heterocycles. The zero-order valence-corrected chi connectivity index (χ0v) is 30.4. The molecule has 0 aliphatic heterocycles. The fourth-order valence-corrected chi connectivity index (χ4v) is 8.38. The van der Waals surface area contributed by atoms with E-state index < -0.39 is 0 Å². The molecule has 4 heterocycles. The molecule has 6 nitrogen and oxygen atoms in total. The van der Waals surface area contributed by atoms with Crippen molar-refractivity contribution in [3.8, 4) is 51.0 Å². The van der Waals surface area contributed by atoms with Gasteiger partial charge in [-0.1, -0.05) is 121 Å². The van der Waals surface area contributed by atoms with Gasteiger partial charge in [-0.25, -0.2) is 15.0 Å². The van der Waals surface area contributed by atoms with Gasteiger partial charge in [0.05, 0.1) is 11.0 Å². The van der Waals surface area contributed by atoms with Gasteiger partial charge in [-0.05, 0) is 66.2 Å². The Morgan fingerprint density at radius 3 is 1.49 bits per heavy atom. The van der Waals surface area contributed by atoms with E-state index in [-0.39, 0.29) is 0 Å². The maximum atomic E-state index is 6.67. The van der Waals surface area contributed by atoms with Crippen molar-refractivity contribution >= 4 is 65.7 Å². The van der Waals surface area contributed by atoms with Crippen molar-refractivity contribution in [1.29, 1.82) is 0 Å². The van der Waals surface area contributed by atoms with Gasteiger partial charge in [0.2, 0.25) is 0 Å². The van der Waals surface area contributed by atoms with Gasteiger partial charge in [0.1, 0.15) is 22.3 Å². The number of hydrogen-bond donors (Lipinski definition) is 0. The molecule has 0 aliphatic rings. The van der Waals surface area contributed by atoms with Crippen molar-refractivity contribution in [2.45, 2.75) is 0 Å². The first-order valence-electron chi connectivity index (χ1n) is 19.0. The molecule has 4 aromatic heterocycles. The maximum Gasteiger partial charge on any atom is 0.164 e. The molecular weight excluding hydrogens is 701 g/mol. The molecule has 0 bridgehead atoms. The Kier molecular flexibility index (Phi) is 6.83. The van der Waals surface area contributed by atoms with Crippen LogP contribution in [0.5, 0.6) is 0 Å². The van der Waals surface area contributed by atoms with Gasteiger partial charge in [-0.15, -0.1) is 0 Å². The van der Waals surface area contributed by atoms with Gasteiger partial charge in [0.15, 0.2) is 17.5 Å². The van der Waals surface area contributed by atoms with Gasteiger partial charge >= 0.3 is 0 Å². The van der Waals surface area contributed by atoms with E-state index >= 15 is 0 Å². The van der Waals surface area contributed by atoms with Crippen molar-refractivity contribution < 1.29 is 8.83 Å². The van der Waals surface area contributed by atoms with Crippen LogP contribution in [-0.4, -0.2) is 19.5 Å². The summed E-state index contributed by atoms with van der Waals surface area (Å²) in [5, 5.41) is 6.61. The molecule has 8 aromatic carbocycles. The smallest absolute Gasteiger partial charge is 0.164 e. The SMILES string of the molecule is c1ccc(-c2nc(-c3ccccc3)nc(-c3ccc4oc5c(-c6ccc7oc8ccc(-n9c%10ccccc%10c%10ccccc%109)cc8c7c6)cccc5c4c3)n2)cc1. The Bertz CT molecular complexity index is 3410. The van der Waals surface area contributed by atoms with Gasteiger partial charge in [-0.2, -0.15) is 0 Å². The number of benzene rings is 8. The molecule has 0 atom stereocenters. The number of aromatic nitrogens is 4. The topological polar surface area (TPSA) is 69.9 Å². The quantitative estimate of drug-likeness (QED) is 0.176. The largest absolute Gasteiger partial charge is 0.456 e. The van der Waals surface area contributed by atoms with Crippen molar-refractivity contribution in [2.75, 3.05) is 0 Å². The van der Waals surface area contributed by atoms with E-state index in [0.29, 0.717) is 17.5 Å². The minimum absolute atomic E-state index is 0.604. The molecule has 57 heavy (non-hydrogen) atoms. The van der Waals surface area contributed by atoms with Crippen LogP contribution in [0.2, 0.25) is 0 Å².